The van der Waals surface area contributed by atoms with Crippen molar-refractivity contribution < 1.29 is 9.53 Å². The van der Waals surface area contributed by atoms with Crippen molar-refractivity contribution in [1.82, 2.24) is 9.55 Å². The number of nitrogens with zero attached hydrogens (tertiary/aromatic N) is 3. The highest BCUT2D eigenvalue weighted by Crippen LogP contribution is 2.29. The number of ether oxygens (including phenoxy) is 1. The molecule has 6 nitrogen and oxygen atoms in total. The molecule has 0 saturated carbocycles. The number of ketones is 1. The molecule has 3 rings (SSSR count). The summed E-state index contributed by atoms with van der Waals surface area (Å²) in [7, 11) is 1.62. The van der Waals surface area contributed by atoms with Gasteiger partial charge in [0.15, 0.2) is 10.9 Å². The van der Waals surface area contributed by atoms with E-state index < -0.39 is 0 Å². The molecule has 0 radical (unpaired) electrons. The van der Waals surface area contributed by atoms with Crippen LogP contribution in [-0.2, 0) is 4.79 Å². The molecule has 7 heteroatoms. The van der Waals surface area contributed by atoms with E-state index in [-0.39, 0.29) is 22.8 Å². The SMILES string of the molecule is COc1ccc(-n2c(SCC(=O)/C(C#N)=C(\C)N)nc3ccccc32)cc1. The number of thioether (sulfide) groups is 1. The van der Waals surface area contributed by atoms with Crippen molar-refractivity contribution >= 4 is 28.6 Å². The fourth-order valence-electron chi connectivity index (χ4n) is 2.65. The number of aromatic nitrogens is 2. The molecule has 2 aromatic carbocycles. The summed E-state index contributed by atoms with van der Waals surface area (Å²) in [5.74, 6) is 0.530. The second-order valence-electron chi connectivity index (χ2n) is 5.80. The number of carbonyl (C=O) groups excluding carboxylic acids is 1. The number of Topliss-reactive ketones (excluding diaryl/α,β-unsaturated/α-hetero) is 1. The molecule has 1 aromatic heterocycles. The van der Waals surface area contributed by atoms with E-state index in [0.29, 0.717) is 5.16 Å². The molecule has 1 heterocycles. The van der Waals surface area contributed by atoms with Gasteiger partial charge >= 0.3 is 0 Å². The summed E-state index contributed by atoms with van der Waals surface area (Å²) in [6.07, 6.45) is 0. The minimum Gasteiger partial charge on any atom is -0.497 e. The van der Waals surface area contributed by atoms with Gasteiger partial charge in [0.1, 0.15) is 17.4 Å². The maximum absolute atomic E-state index is 12.3. The Morgan fingerprint density at radius 2 is 1.96 bits per heavy atom. The lowest BCUT2D eigenvalue weighted by atomic mass is 10.2. The first-order valence-electron chi connectivity index (χ1n) is 8.19. The highest BCUT2D eigenvalue weighted by Gasteiger charge is 2.17. The van der Waals surface area contributed by atoms with E-state index >= 15 is 0 Å². The van der Waals surface area contributed by atoms with Crippen molar-refractivity contribution in [2.45, 2.75) is 12.1 Å². The van der Waals surface area contributed by atoms with Crippen LogP contribution in [0.3, 0.4) is 0 Å². The van der Waals surface area contributed by atoms with Gasteiger partial charge < -0.3 is 10.5 Å². The number of fused-ring (bicyclic) bond motifs is 1. The zero-order valence-corrected chi connectivity index (χ0v) is 15.8. The van der Waals surface area contributed by atoms with Crippen LogP contribution < -0.4 is 10.5 Å². The van der Waals surface area contributed by atoms with E-state index in [9.17, 15) is 4.79 Å². The van der Waals surface area contributed by atoms with Gasteiger partial charge in [0.2, 0.25) is 0 Å². The monoisotopic (exact) mass is 378 g/mol. The van der Waals surface area contributed by atoms with Crippen LogP contribution >= 0.6 is 11.8 Å². The Labute approximate surface area is 161 Å². The third kappa shape index (κ3) is 3.81. The van der Waals surface area contributed by atoms with Gasteiger partial charge in [0.25, 0.3) is 0 Å². The van der Waals surface area contributed by atoms with Crippen LogP contribution in [0.5, 0.6) is 5.75 Å². The largest absolute Gasteiger partial charge is 0.497 e. The van der Waals surface area contributed by atoms with E-state index in [0.717, 1.165) is 22.5 Å². The Hall–Kier alpha value is -3.24. The normalized spacial score (nSPS) is 11.7. The summed E-state index contributed by atoms with van der Waals surface area (Å²) >= 11 is 1.28. The molecule has 0 unspecified atom stereocenters. The number of methoxy groups -OCH3 is 1. The highest BCUT2D eigenvalue weighted by molar-refractivity contribution is 7.99. The maximum Gasteiger partial charge on any atom is 0.185 e. The number of benzene rings is 2. The van der Waals surface area contributed by atoms with Gasteiger partial charge in [0, 0.05) is 11.4 Å². The summed E-state index contributed by atoms with van der Waals surface area (Å²) in [5.41, 5.74) is 8.51. The van der Waals surface area contributed by atoms with E-state index in [1.807, 2.05) is 59.2 Å². The Kier molecular flexibility index (Phi) is 5.48. The van der Waals surface area contributed by atoms with Gasteiger partial charge in [-0.15, -0.1) is 0 Å². The molecule has 0 saturated heterocycles. The first-order chi connectivity index (χ1) is 13.0. The standard InChI is InChI=1S/C20H18N4O2S/c1-13(22)16(11-21)19(25)12-27-20-23-17-5-3-4-6-18(17)24(20)14-7-9-15(26-2)10-8-14/h3-10H,12,22H2,1-2H3/b16-13+. The predicted octanol–water partition coefficient (Wildman–Crippen LogP) is 3.45. The number of carbonyl (C=O) groups is 1. The summed E-state index contributed by atoms with van der Waals surface area (Å²) < 4.78 is 7.21. The smallest absolute Gasteiger partial charge is 0.185 e. The summed E-state index contributed by atoms with van der Waals surface area (Å²) in [4.78, 5) is 16.9. The zero-order valence-electron chi connectivity index (χ0n) is 15.0. The number of hydrogen-bond donors (Lipinski definition) is 1. The van der Waals surface area contributed by atoms with Crippen LogP contribution in [-0.4, -0.2) is 28.2 Å². The van der Waals surface area contributed by atoms with Crippen LogP contribution in [0.25, 0.3) is 16.7 Å². The number of nitriles is 1. The molecule has 0 spiro atoms. The second-order valence-corrected chi connectivity index (χ2v) is 6.74. The lowest BCUT2D eigenvalue weighted by Crippen LogP contribution is -2.10. The molecule has 2 N–H and O–H groups in total. The lowest BCUT2D eigenvalue weighted by molar-refractivity contribution is -0.112. The minimum absolute atomic E-state index is 0.00499. The van der Waals surface area contributed by atoms with Crippen molar-refractivity contribution in [1.29, 1.82) is 5.26 Å². The molecule has 0 atom stereocenters. The lowest BCUT2D eigenvalue weighted by Gasteiger charge is -2.10. The Morgan fingerprint density at radius 1 is 1.26 bits per heavy atom. The molecular formula is C20H18N4O2S. The molecule has 0 amide bonds. The number of para-hydroxylation sites is 2. The molecule has 0 aliphatic carbocycles. The van der Waals surface area contributed by atoms with Gasteiger partial charge in [-0.05, 0) is 43.3 Å². The maximum atomic E-state index is 12.3. The van der Waals surface area contributed by atoms with Gasteiger partial charge in [-0.1, -0.05) is 23.9 Å². The third-order valence-electron chi connectivity index (χ3n) is 3.98. The van der Waals surface area contributed by atoms with E-state index in [1.165, 1.54) is 11.8 Å². The molecule has 0 fully saturated rings. The number of rotatable bonds is 6. The average Bonchev–Trinajstić information content (AvgIpc) is 3.05. The van der Waals surface area contributed by atoms with E-state index in [1.54, 1.807) is 14.0 Å². The predicted molar refractivity (Wildman–Crippen MR) is 106 cm³/mol. The number of hydrogen-bond acceptors (Lipinski definition) is 6. The average molecular weight is 378 g/mol. The van der Waals surface area contributed by atoms with E-state index in [2.05, 4.69) is 4.98 Å². The zero-order chi connectivity index (χ0) is 19.4. The minimum atomic E-state index is -0.309. The molecule has 27 heavy (non-hydrogen) atoms. The van der Waals surface area contributed by atoms with Crippen LogP contribution in [0.2, 0.25) is 0 Å². The Balaban J connectivity index is 1.99. The van der Waals surface area contributed by atoms with Crippen LogP contribution in [0, 0.1) is 11.3 Å². The molecule has 0 aliphatic heterocycles. The van der Waals surface area contributed by atoms with Crippen LogP contribution in [0.1, 0.15) is 6.92 Å². The van der Waals surface area contributed by atoms with Crippen LogP contribution in [0.15, 0.2) is 65.0 Å². The first-order valence-corrected chi connectivity index (χ1v) is 9.18. The number of allylic oxidation sites excluding steroid dienone is 2. The number of nitrogens with two attached hydrogens (primary N) is 1. The van der Waals surface area contributed by atoms with Crippen molar-refractivity contribution in [2.75, 3.05) is 12.9 Å². The fourth-order valence-corrected chi connectivity index (χ4v) is 3.55. The number of imidazole rings is 1. The molecular weight excluding hydrogens is 360 g/mol. The fraction of sp³-hybridized carbons (Fsp3) is 0.150. The van der Waals surface area contributed by atoms with E-state index in [4.69, 9.17) is 15.7 Å². The first kappa shape index (κ1) is 18.5. The summed E-state index contributed by atoms with van der Waals surface area (Å²) in [6, 6.07) is 17.2. The Morgan fingerprint density at radius 3 is 2.59 bits per heavy atom. The van der Waals surface area contributed by atoms with Gasteiger partial charge in [-0.2, -0.15) is 5.26 Å². The van der Waals surface area contributed by atoms with Gasteiger partial charge in [-0.25, -0.2) is 4.98 Å². The second kappa shape index (κ2) is 7.98. The van der Waals surface area contributed by atoms with Crippen molar-refractivity contribution in [3.05, 3.63) is 59.8 Å². The summed E-state index contributed by atoms with van der Waals surface area (Å²) in [6.45, 7) is 1.55. The topological polar surface area (TPSA) is 93.9 Å². The Bertz CT molecular complexity index is 1060. The highest BCUT2D eigenvalue weighted by atomic mass is 32.2. The summed E-state index contributed by atoms with van der Waals surface area (Å²) in [5, 5.41) is 9.78. The van der Waals surface area contributed by atoms with Gasteiger partial charge in [0.05, 0.1) is 23.9 Å². The molecule has 136 valence electrons. The molecule has 0 bridgehead atoms. The van der Waals surface area contributed by atoms with Crippen molar-refractivity contribution in [3.8, 4) is 17.5 Å². The van der Waals surface area contributed by atoms with Crippen molar-refractivity contribution in [2.24, 2.45) is 5.73 Å². The quantitative estimate of drug-likeness (QED) is 0.401. The van der Waals surface area contributed by atoms with Gasteiger partial charge in [-0.3, -0.25) is 9.36 Å². The molecule has 0 aliphatic rings. The van der Waals surface area contributed by atoms with Crippen molar-refractivity contribution in [3.63, 3.8) is 0 Å². The third-order valence-corrected chi connectivity index (χ3v) is 4.92. The molecule has 3 aromatic rings. The van der Waals surface area contributed by atoms with Crippen LogP contribution in [0.4, 0.5) is 0 Å².